The van der Waals surface area contributed by atoms with E-state index >= 15 is 0 Å². The Kier molecular flexibility index (Phi) is 4.89. The van der Waals surface area contributed by atoms with Gasteiger partial charge in [0.1, 0.15) is 13.4 Å². The van der Waals surface area contributed by atoms with E-state index in [1.54, 1.807) is 12.1 Å². The zero-order valence-electron chi connectivity index (χ0n) is 13.0. The molecule has 0 N–H and O–H groups in total. The molecule has 1 aromatic carbocycles. The van der Waals surface area contributed by atoms with Crippen LogP contribution in [0.4, 0.5) is 0 Å². The maximum Gasteiger partial charge on any atom is 0.338 e. The van der Waals surface area contributed by atoms with Gasteiger partial charge in [0.2, 0.25) is 0 Å². The summed E-state index contributed by atoms with van der Waals surface area (Å²) in [5.41, 5.74) is -0.0599. The number of ether oxygens (including phenoxy) is 2. The van der Waals surface area contributed by atoms with Crippen molar-refractivity contribution in [3.05, 3.63) is 48.6 Å². The second kappa shape index (κ2) is 6.48. The van der Waals surface area contributed by atoms with Crippen molar-refractivity contribution in [3.8, 4) is 0 Å². The molecule has 1 saturated heterocycles. The van der Waals surface area contributed by atoms with E-state index in [0.717, 1.165) is 6.42 Å². The molecule has 21 heavy (non-hydrogen) atoms. The Hall–Kier alpha value is -1.55. The highest BCUT2D eigenvalue weighted by atomic mass is 16.6. The van der Waals surface area contributed by atoms with E-state index in [0.29, 0.717) is 12.0 Å². The number of rotatable bonds is 5. The van der Waals surface area contributed by atoms with Crippen LogP contribution < -0.4 is 0 Å². The molecule has 3 nitrogen and oxygen atoms in total. The number of hydrogen-bond donors (Lipinski definition) is 0. The predicted octanol–water partition coefficient (Wildman–Crippen LogP) is 2.56. The lowest BCUT2D eigenvalue weighted by Gasteiger charge is -2.35. The molecular weight excluding hydrogens is 263 g/mol. The summed E-state index contributed by atoms with van der Waals surface area (Å²) in [6.07, 6.45) is 3.44. The largest absolute Gasteiger partial charge is 0.453 e. The molecule has 2 rings (SSSR count). The van der Waals surface area contributed by atoms with Crippen LogP contribution in [0.15, 0.2) is 43.0 Å². The van der Waals surface area contributed by atoms with Gasteiger partial charge in [0.15, 0.2) is 0 Å². The van der Waals surface area contributed by atoms with Crippen LogP contribution in [0.3, 0.4) is 0 Å². The third-order valence-corrected chi connectivity index (χ3v) is 4.55. The van der Waals surface area contributed by atoms with Gasteiger partial charge >= 0.3 is 5.97 Å². The van der Waals surface area contributed by atoms with Crippen LogP contribution in [0.1, 0.15) is 37.0 Å². The van der Waals surface area contributed by atoms with Crippen LogP contribution in [-0.4, -0.2) is 31.5 Å². The molecule has 0 spiro atoms. The Morgan fingerprint density at radius 3 is 2.67 bits per heavy atom. The molecule has 1 heterocycles. The smallest absolute Gasteiger partial charge is 0.338 e. The minimum absolute atomic E-state index is 0.114. The Morgan fingerprint density at radius 2 is 2.14 bits per heavy atom. The standard InChI is InChI=1S/C17H23BO3/c1-4-11-17(12(3)14(5-2)20-16(17)18)21-15(19)13-9-7-6-8-10-13/h4,6-10,12,14,16H,1,5,11,18H2,2-3H3/t12-,14?,16?,17-/m1/s1. The van der Waals surface area contributed by atoms with Gasteiger partial charge in [-0.25, -0.2) is 4.79 Å². The van der Waals surface area contributed by atoms with Crippen molar-refractivity contribution < 1.29 is 14.3 Å². The molecule has 1 aliphatic heterocycles. The molecule has 0 amide bonds. The lowest BCUT2D eigenvalue weighted by atomic mass is 9.73. The summed E-state index contributed by atoms with van der Waals surface area (Å²) in [7, 11) is 1.98. The number of carbonyl (C=O) groups is 1. The minimum atomic E-state index is -0.630. The average molecular weight is 286 g/mol. The molecular formula is C17H23BO3. The van der Waals surface area contributed by atoms with Crippen molar-refractivity contribution in [2.45, 2.75) is 44.4 Å². The molecule has 112 valence electrons. The van der Waals surface area contributed by atoms with Gasteiger partial charge in [-0.1, -0.05) is 38.1 Å². The summed E-state index contributed by atoms with van der Waals surface area (Å²) in [6, 6.07) is 8.96. The Bertz CT molecular complexity index is 502. The Morgan fingerprint density at radius 1 is 1.48 bits per heavy atom. The number of esters is 1. The molecule has 4 atom stereocenters. The molecule has 1 aliphatic rings. The molecule has 0 aliphatic carbocycles. The second-order valence-corrected chi connectivity index (χ2v) is 5.72. The van der Waals surface area contributed by atoms with Gasteiger partial charge in [-0.05, 0) is 18.6 Å². The van der Waals surface area contributed by atoms with Crippen molar-refractivity contribution in [2.24, 2.45) is 5.92 Å². The molecule has 4 heteroatoms. The van der Waals surface area contributed by atoms with Gasteiger partial charge in [0.25, 0.3) is 0 Å². The van der Waals surface area contributed by atoms with Crippen molar-refractivity contribution in [2.75, 3.05) is 0 Å². The first-order chi connectivity index (χ1) is 10.0. The fraction of sp³-hybridized carbons (Fsp3) is 0.471. The summed E-state index contributed by atoms with van der Waals surface area (Å²) >= 11 is 0. The second-order valence-electron chi connectivity index (χ2n) is 5.72. The monoisotopic (exact) mass is 286 g/mol. The van der Waals surface area contributed by atoms with Crippen LogP contribution in [0.2, 0.25) is 0 Å². The van der Waals surface area contributed by atoms with Crippen molar-refractivity contribution in [1.82, 2.24) is 0 Å². The molecule has 0 radical (unpaired) electrons. The van der Waals surface area contributed by atoms with E-state index in [2.05, 4.69) is 20.4 Å². The highest BCUT2D eigenvalue weighted by molar-refractivity contribution is 6.12. The van der Waals surface area contributed by atoms with Gasteiger partial charge in [0.05, 0.1) is 17.7 Å². The van der Waals surface area contributed by atoms with E-state index in [9.17, 15) is 4.79 Å². The van der Waals surface area contributed by atoms with Crippen molar-refractivity contribution in [1.29, 1.82) is 0 Å². The van der Waals surface area contributed by atoms with E-state index in [1.807, 2.05) is 32.1 Å². The highest BCUT2D eigenvalue weighted by Crippen LogP contribution is 2.42. The molecule has 1 aromatic rings. The zero-order chi connectivity index (χ0) is 15.5. The normalized spacial score (nSPS) is 31.8. The quantitative estimate of drug-likeness (QED) is 0.474. The first kappa shape index (κ1) is 15.8. The number of benzene rings is 1. The van der Waals surface area contributed by atoms with Crippen molar-refractivity contribution >= 4 is 13.8 Å². The summed E-state index contributed by atoms with van der Waals surface area (Å²) in [5, 5.41) is 0. The minimum Gasteiger partial charge on any atom is -0.453 e. The summed E-state index contributed by atoms with van der Waals surface area (Å²) in [5.74, 6) is -0.153. The fourth-order valence-electron chi connectivity index (χ4n) is 3.23. The van der Waals surface area contributed by atoms with Gasteiger partial charge in [-0.15, -0.1) is 6.58 Å². The third kappa shape index (κ3) is 2.91. The summed E-state index contributed by atoms with van der Waals surface area (Å²) in [4.78, 5) is 12.5. The van der Waals surface area contributed by atoms with Crippen LogP contribution in [0.25, 0.3) is 0 Å². The Labute approximate surface area is 127 Å². The molecule has 1 fully saturated rings. The molecule has 0 saturated carbocycles. The summed E-state index contributed by atoms with van der Waals surface area (Å²) < 4.78 is 11.9. The SMILES string of the molecule is BC1OC(CC)[C@@H](C)[C@@]1(CC=C)OC(=O)c1ccccc1. The van der Waals surface area contributed by atoms with Gasteiger partial charge < -0.3 is 9.47 Å². The van der Waals surface area contributed by atoms with Crippen LogP contribution in [-0.2, 0) is 9.47 Å². The van der Waals surface area contributed by atoms with E-state index in [4.69, 9.17) is 9.47 Å². The third-order valence-electron chi connectivity index (χ3n) is 4.55. The number of hydrogen-bond acceptors (Lipinski definition) is 3. The molecule has 2 unspecified atom stereocenters. The van der Waals surface area contributed by atoms with E-state index in [1.165, 1.54) is 0 Å². The van der Waals surface area contributed by atoms with Gasteiger partial charge in [-0.3, -0.25) is 0 Å². The van der Waals surface area contributed by atoms with Crippen LogP contribution in [0.5, 0.6) is 0 Å². The average Bonchev–Trinajstić information content (AvgIpc) is 2.73. The lowest BCUT2D eigenvalue weighted by molar-refractivity contribution is -0.0463. The fourth-order valence-corrected chi connectivity index (χ4v) is 3.23. The van der Waals surface area contributed by atoms with Crippen LogP contribution in [0, 0.1) is 5.92 Å². The van der Waals surface area contributed by atoms with Crippen molar-refractivity contribution in [3.63, 3.8) is 0 Å². The first-order valence-electron chi connectivity index (χ1n) is 7.60. The lowest BCUT2D eigenvalue weighted by Crippen LogP contribution is -2.47. The summed E-state index contributed by atoms with van der Waals surface area (Å²) in [6.45, 7) is 8.01. The predicted molar refractivity (Wildman–Crippen MR) is 86.1 cm³/mol. The molecule has 0 aromatic heterocycles. The Balaban J connectivity index is 2.27. The maximum absolute atomic E-state index is 12.5. The van der Waals surface area contributed by atoms with Gasteiger partial charge in [0, 0.05) is 12.3 Å². The van der Waals surface area contributed by atoms with Crippen LogP contribution >= 0.6 is 0 Å². The topological polar surface area (TPSA) is 35.5 Å². The van der Waals surface area contributed by atoms with E-state index < -0.39 is 5.60 Å². The zero-order valence-corrected chi connectivity index (χ0v) is 13.0. The van der Waals surface area contributed by atoms with Gasteiger partial charge in [-0.2, -0.15) is 0 Å². The first-order valence-corrected chi connectivity index (χ1v) is 7.60. The van der Waals surface area contributed by atoms with E-state index in [-0.39, 0.29) is 24.0 Å². The highest BCUT2D eigenvalue weighted by Gasteiger charge is 2.53. The molecule has 0 bridgehead atoms. The number of carbonyl (C=O) groups excluding carboxylic acids is 1. The maximum atomic E-state index is 12.5.